The van der Waals surface area contributed by atoms with Crippen molar-refractivity contribution in [2.45, 2.75) is 29.9 Å². The van der Waals surface area contributed by atoms with Crippen LogP contribution in [0.5, 0.6) is 0 Å². The van der Waals surface area contributed by atoms with E-state index >= 15 is 0 Å². The Bertz CT molecular complexity index is 1110. The summed E-state index contributed by atoms with van der Waals surface area (Å²) in [6, 6.07) is 8.96. The molecule has 3 rings (SSSR count). The molecule has 11 heteroatoms. The molecule has 2 heterocycles. The van der Waals surface area contributed by atoms with Crippen molar-refractivity contribution in [3.63, 3.8) is 0 Å². The molecule has 3 aromatic rings. The molecule has 8 nitrogen and oxygen atoms in total. The van der Waals surface area contributed by atoms with Crippen molar-refractivity contribution < 1.29 is 13.2 Å². The van der Waals surface area contributed by atoms with E-state index in [1.54, 1.807) is 36.7 Å². The molecular formula is C19H23N5O3S3. The summed E-state index contributed by atoms with van der Waals surface area (Å²) >= 11 is 2.99. The van der Waals surface area contributed by atoms with Crippen molar-refractivity contribution in [1.29, 1.82) is 0 Å². The summed E-state index contributed by atoms with van der Waals surface area (Å²) < 4.78 is 28.0. The molecule has 0 aliphatic heterocycles. The van der Waals surface area contributed by atoms with E-state index in [1.807, 2.05) is 16.0 Å². The van der Waals surface area contributed by atoms with Crippen LogP contribution in [0.2, 0.25) is 0 Å². The lowest BCUT2D eigenvalue weighted by atomic mass is 10.2. The number of nitrogens with zero attached hydrogens (tertiary/aromatic N) is 4. The predicted octanol–water partition coefficient (Wildman–Crippen LogP) is 2.87. The number of nitrogens with one attached hydrogen (secondary N) is 1. The fourth-order valence-electron chi connectivity index (χ4n) is 2.67. The summed E-state index contributed by atoms with van der Waals surface area (Å²) in [6.45, 7) is 2.46. The van der Waals surface area contributed by atoms with Gasteiger partial charge in [-0.05, 0) is 42.5 Å². The number of anilines is 1. The molecule has 0 atom stereocenters. The molecule has 30 heavy (non-hydrogen) atoms. The molecule has 0 radical (unpaired) electrons. The number of aromatic nitrogens is 3. The number of benzene rings is 1. The highest BCUT2D eigenvalue weighted by Crippen LogP contribution is 2.23. The maximum absolute atomic E-state index is 12.4. The minimum atomic E-state index is -3.59. The molecule has 0 bridgehead atoms. The molecule has 0 aliphatic rings. The van der Waals surface area contributed by atoms with Crippen molar-refractivity contribution in [2.75, 3.05) is 25.2 Å². The van der Waals surface area contributed by atoms with Gasteiger partial charge in [-0.25, -0.2) is 12.7 Å². The SMILES string of the molecule is Cc1ccc(NC(=O)CSc2nncn2CCc2cccs2)cc1S(=O)(=O)N(C)C. The number of sulfonamides is 1. The fraction of sp³-hybridized carbons (Fsp3) is 0.316. The van der Waals surface area contributed by atoms with Crippen LogP contribution < -0.4 is 5.32 Å². The lowest BCUT2D eigenvalue weighted by Gasteiger charge is -2.15. The smallest absolute Gasteiger partial charge is 0.242 e. The summed E-state index contributed by atoms with van der Waals surface area (Å²) in [7, 11) is -0.633. The number of amides is 1. The van der Waals surface area contributed by atoms with Crippen LogP contribution in [-0.2, 0) is 27.8 Å². The quantitative estimate of drug-likeness (QED) is 0.488. The van der Waals surface area contributed by atoms with Gasteiger partial charge in [0.1, 0.15) is 6.33 Å². The zero-order valence-electron chi connectivity index (χ0n) is 16.9. The summed E-state index contributed by atoms with van der Waals surface area (Å²) in [5.74, 6) is -0.105. The van der Waals surface area contributed by atoms with E-state index in [-0.39, 0.29) is 16.6 Å². The highest BCUT2D eigenvalue weighted by Gasteiger charge is 2.20. The third-order valence-corrected chi connectivity index (χ3v) is 8.20. The average Bonchev–Trinajstić information content (AvgIpc) is 3.37. The number of thiophene rings is 1. The molecule has 160 valence electrons. The van der Waals surface area contributed by atoms with Crippen molar-refractivity contribution in [1.82, 2.24) is 19.1 Å². The summed E-state index contributed by atoms with van der Waals surface area (Å²) in [4.78, 5) is 13.8. The first-order valence-corrected chi connectivity index (χ1v) is 12.4. The van der Waals surface area contributed by atoms with Crippen LogP contribution in [0.1, 0.15) is 10.4 Å². The van der Waals surface area contributed by atoms with Crippen molar-refractivity contribution >= 4 is 44.7 Å². The Morgan fingerprint density at radius 1 is 1.30 bits per heavy atom. The lowest BCUT2D eigenvalue weighted by Crippen LogP contribution is -2.23. The minimum Gasteiger partial charge on any atom is -0.325 e. The van der Waals surface area contributed by atoms with Gasteiger partial charge in [-0.3, -0.25) is 4.79 Å². The summed E-state index contributed by atoms with van der Waals surface area (Å²) in [5, 5.41) is 13.5. The van der Waals surface area contributed by atoms with Crippen LogP contribution in [0.3, 0.4) is 0 Å². The second kappa shape index (κ2) is 9.73. The predicted molar refractivity (Wildman–Crippen MR) is 119 cm³/mol. The number of hydrogen-bond donors (Lipinski definition) is 1. The first-order chi connectivity index (χ1) is 14.3. The number of aryl methyl sites for hydroxylation is 3. The molecule has 1 aromatic carbocycles. The average molecular weight is 466 g/mol. The maximum Gasteiger partial charge on any atom is 0.242 e. The van der Waals surface area contributed by atoms with Gasteiger partial charge in [-0.15, -0.1) is 21.5 Å². The van der Waals surface area contributed by atoms with E-state index in [0.717, 1.165) is 17.3 Å². The molecule has 2 aromatic heterocycles. The molecule has 0 saturated carbocycles. The van der Waals surface area contributed by atoms with Crippen molar-refractivity contribution in [2.24, 2.45) is 0 Å². The normalized spacial score (nSPS) is 11.7. The number of hydrogen-bond acceptors (Lipinski definition) is 7. The molecular weight excluding hydrogens is 442 g/mol. The van der Waals surface area contributed by atoms with Gasteiger partial charge >= 0.3 is 0 Å². The van der Waals surface area contributed by atoms with Gasteiger partial charge in [0.2, 0.25) is 15.9 Å². The highest BCUT2D eigenvalue weighted by atomic mass is 32.2. The second-order valence-electron chi connectivity index (χ2n) is 6.74. The van der Waals surface area contributed by atoms with Crippen LogP contribution in [-0.4, -0.2) is 53.2 Å². The molecule has 0 aliphatic carbocycles. The number of carbonyl (C=O) groups is 1. The van der Waals surface area contributed by atoms with E-state index in [0.29, 0.717) is 16.4 Å². The van der Waals surface area contributed by atoms with Crippen molar-refractivity contribution in [3.8, 4) is 0 Å². The second-order valence-corrected chi connectivity index (χ2v) is 10.8. The zero-order valence-corrected chi connectivity index (χ0v) is 19.4. The van der Waals surface area contributed by atoms with Crippen molar-refractivity contribution in [3.05, 3.63) is 52.5 Å². The Hall–Kier alpha value is -2.21. The van der Waals surface area contributed by atoms with E-state index in [9.17, 15) is 13.2 Å². The van der Waals surface area contributed by atoms with Crippen LogP contribution >= 0.6 is 23.1 Å². The molecule has 0 saturated heterocycles. The van der Waals surface area contributed by atoms with Gasteiger partial charge in [-0.2, -0.15) is 0 Å². The van der Waals surface area contributed by atoms with Gasteiger partial charge < -0.3 is 9.88 Å². The molecule has 0 unspecified atom stereocenters. The van der Waals surface area contributed by atoms with Gasteiger partial charge in [0, 0.05) is 31.2 Å². The van der Waals surface area contributed by atoms with Gasteiger partial charge in [0.05, 0.1) is 10.6 Å². The van der Waals surface area contributed by atoms with E-state index < -0.39 is 10.0 Å². The minimum absolute atomic E-state index is 0.140. The van der Waals surface area contributed by atoms with E-state index in [1.165, 1.54) is 36.8 Å². The van der Waals surface area contributed by atoms with Gasteiger partial charge in [0.25, 0.3) is 0 Å². The molecule has 0 fully saturated rings. The standard InChI is InChI=1S/C19H23N5O3S3/c1-14-6-7-15(11-17(14)30(26,27)23(2)3)21-18(25)12-29-19-22-20-13-24(19)9-8-16-5-4-10-28-16/h4-7,10-11,13H,8-9,12H2,1-3H3,(H,21,25). The van der Waals surface area contributed by atoms with Crippen LogP contribution in [0, 0.1) is 6.92 Å². The largest absolute Gasteiger partial charge is 0.325 e. The van der Waals surface area contributed by atoms with Crippen LogP contribution in [0.25, 0.3) is 0 Å². The number of thioether (sulfide) groups is 1. The van der Waals surface area contributed by atoms with E-state index in [4.69, 9.17) is 0 Å². The third kappa shape index (κ3) is 5.48. The Balaban J connectivity index is 1.60. The van der Waals surface area contributed by atoms with Crippen LogP contribution in [0.15, 0.2) is 52.1 Å². The topological polar surface area (TPSA) is 97.2 Å². The number of rotatable bonds is 9. The first kappa shape index (κ1) is 22.5. The molecule has 1 amide bonds. The van der Waals surface area contributed by atoms with Gasteiger partial charge in [-0.1, -0.05) is 23.9 Å². The Labute approximate surface area is 184 Å². The lowest BCUT2D eigenvalue weighted by molar-refractivity contribution is -0.113. The van der Waals surface area contributed by atoms with E-state index in [2.05, 4.69) is 21.6 Å². The molecule has 0 spiro atoms. The third-order valence-electron chi connectivity index (χ3n) is 4.32. The zero-order chi connectivity index (χ0) is 21.7. The summed E-state index contributed by atoms with van der Waals surface area (Å²) in [5.41, 5.74) is 1.06. The highest BCUT2D eigenvalue weighted by molar-refractivity contribution is 7.99. The monoisotopic (exact) mass is 465 g/mol. The maximum atomic E-state index is 12.4. The Kier molecular flexibility index (Phi) is 7.29. The Morgan fingerprint density at radius 3 is 2.80 bits per heavy atom. The fourth-order valence-corrected chi connectivity index (χ4v) is 5.26. The van der Waals surface area contributed by atoms with Gasteiger partial charge in [0.15, 0.2) is 5.16 Å². The first-order valence-electron chi connectivity index (χ1n) is 9.13. The number of carbonyl (C=O) groups excluding carboxylic acids is 1. The summed E-state index contributed by atoms with van der Waals surface area (Å²) in [6.07, 6.45) is 2.54. The molecule has 1 N–H and O–H groups in total. The van der Waals surface area contributed by atoms with Crippen LogP contribution in [0.4, 0.5) is 5.69 Å². The Morgan fingerprint density at radius 2 is 2.10 bits per heavy atom.